The van der Waals surface area contributed by atoms with E-state index >= 15 is 0 Å². The first kappa shape index (κ1) is 14.1. The van der Waals surface area contributed by atoms with Crippen LogP contribution in [0, 0.1) is 23.7 Å². The normalized spacial score (nSPS) is 39.1. The third-order valence-corrected chi connectivity index (χ3v) is 5.16. The van der Waals surface area contributed by atoms with Crippen molar-refractivity contribution in [1.82, 2.24) is 4.90 Å². The topological polar surface area (TPSA) is 46.3 Å². The molecule has 2 aliphatic carbocycles. The molecule has 2 saturated heterocycles. The number of carbonyl (C=O) groups is 1. The largest absolute Gasteiger partial charge is 0.339 e. The van der Waals surface area contributed by atoms with Gasteiger partial charge in [0.25, 0.3) is 0 Å². The Balaban J connectivity index is 0.00000120. The Bertz CT molecular complexity index is 309. The van der Waals surface area contributed by atoms with Crippen molar-refractivity contribution in [1.29, 1.82) is 0 Å². The highest BCUT2D eigenvalue weighted by Crippen LogP contribution is 2.47. The van der Waals surface area contributed by atoms with Crippen molar-refractivity contribution in [3.05, 3.63) is 0 Å². The Morgan fingerprint density at radius 2 is 1.72 bits per heavy atom. The fourth-order valence-electron chi connectivity index (χ4n) is 4.44. The minimum Gasteiger partial charge on any atom is -0.339 e. The van der Waals surface area contributed by atoms with E-state index in [1.165, 1.54) is 32.1 Å². The fourth-order valence-corrected chi connectivity index (χ4v) is 4.44. The van der Waals surface area contributed by atoms with Gasteiger partial charge < -0.3 is 10.6 Å². The van der Waals surface area contributed by atoms with Crippen molar-refractivity contribution in [2.24, 2.45) is 29.4 Å². The van der Waals surface area contributed by atoms with E-state index in [1.54, 1.807) is 0 Å². The summed E-state index contributed by atoms with van der Waals surface area (Å²) in [4.78, 5) is 14.6. The van der Waals surface area contributed by atoms with Crippen molar-refractivity contribution in [2.75, 3.05) is 13.1 Å². The molecule has 0 radical (unpaired) electrons. The predicted molar refractivity (Wildman–Crippen MR) is 74.5 cm³/mol. The summed E-state index contributed by atoms with van der Waals surface area (Å²) in [5.41, 5.74) is 5.64. The second kappa shape index (κ2) is 5.38. The van der Waals surface area contributed by atoms with E-state index in [4.69, 9.17) is 5.73 Å². The standard InChI is InChI=1S/C14H24N2O.ClH/c1-9(7-15)14(17)16-8-12-3-10-2-11(4-12)6-13(16)5-10;/h9-13H,2-8,15H2,1H3;1H. The number of amides is 1. The fraction of sp³-hybridized carbons (Fsp3) is 0.929. The molecule has 2 saturated carbocycles. The van der Waals surface area contributed by atoms with Crippen LogP contribution in [-0.4, -0.2) is 29.9 Å². The lowest BCUT2D eigenvalue weighted by Crippen LogP contribution is -2.45. The Kier molecular flexibility index (Phi) is 4.22. The van der Waals surface area contributed by atoms with Crippen LogP contribution in [0.25, 0.3) is 0 Å². The summed E-state index contributed by atoms with van der Waals surface area (Å²) < 4.78 is 0. The summed E-state index contributed by atoms with van der Waals surface area (Å²) >= 11 is 0. The third-order valence-electron chi connectivity index (χ3n) is 5.16. The summed E-state index contributed by atoms with van der Waals surface area (Å²) in [5, 5.41) is 0. The van der Waals surface area contributed by atoms with Crippen molar-refractivity contribution < 1.29 is 4.79 Å². The summed E-state index contributed by atoms with van der Waals surface area (Å²) in [6.07, 6.45) is 6.69. The third kappa shape index (κ3) is 2.39. The summed E-state index contributed by atoms with van der Waals surface area (Å²) in [7, 11) is 0. The summed E-state index contributed by atoms with van der Waals surface area (Å²) in [6.45, 7) is 3.47. The zero-order chi connectivity index (χ0) is 12.0. The van der Waals surface area contributed by atoms with Crippen LogP contribution in [0.4, 0.5) is 0 Å². The highest BCUT2D eigenvalue weighted by Gasteiger charge is 2.44. The van der Waals surface area contributed by atoms with E-state index in [2.05, 4.69) is 4.90 Å². The summed E-state index contributed by atoms with van der Waals surface area (Å²) in [6, 6.07) is 0.535. The minimum atomic E-state index is 0. The maximum absolute atomic E-state index is 12.4. The molecule has 0 aromatic carbocycles. The van der Waals surface area contributed by atoms with Gasteiger partial charge in [0.15, 0.2) is 0 Å². The number of nitrogens with two attached hydrogens (primary N) is 1. The smallest absolute Gasteiger partial charge is 0.226 e. The summed E-state index contributed by atoms with van der Waals surface area (Å²) in [5.74, 6) is 2.91. The molecule has 3 atom stereocenters. The molecule has 4 aliphatic rings. The number of carbonyl (C=O) groups excluding carboxylic acids is 1. The molecule has 3 unspecified atom stereocenters. The highest BCUT2D eigenvalue weighted by atomic mass is 35.5. The quantitative estimate of drug-likeness (QED) is 0.836. The molecule has 3 nitrogen and oxygen atoms in total. The van der Waals surface area contributed by atoms with Crippen LogP contribution in [0.15, 0.2) is 0 Å². The van der Waals surface area contributed by atoms with Crippen molar-refractivity contribution in [3.63, 3.8) is 0 Å². The van der Waals surface area contributed by atoms with Gasteiger partial charge in [-0.1, -0.05) is 6.92 Å². The van der Waals surface area contributed by atoms with Gasteiger partial charge in [-0.25, -0.2) is 0 Å². The first-order chi connectivity index (χ1) is 8.17. The van der Waals surface area contributed by atoms with Crippen LogP contribution >= 0.6 is 12.4 Å². The zero-order valence-corrected chi connectivity index (χ0v) is 12.0. The Morgan fingerprint density at radius 1 is 1.17 bits per heavy atom. The Labute approximate surface area is 116 Å². The van der Waals surface area contributed by atoms with Gasteiger partial charge in [0.05, 0.1) is 0 Å². The Hall–Kier alpha value is -0.280. The molecule has 4 heteroatoms. The van der Waals surface area contributed by atoms with Gasteiger partial charge in [-0.3, -0.25) is 4.79 Å². The lowest BCUT2D eigenvalue weighted by atomic mass is 9.68. The molecule has 0 spiro atoms. The van der Waals surface area contributed by atoms with Crippen LogP contribution in [0.1, 0.15) is 39.0 Å². The van der Waals surface area contributed by atoms with Crippen molar-refractivity contribution in [3.8, 4) is 0 Å². The number of hydrogen-bond donors (Lipinski definition) is 1. The van der Waals surface area contributed by atoms with Crippen molar-refractivity contribution >= 4 is 18.3 Å². The van der Waals surface area contributed by atoms with Crippen LogP contribution in [0.3, 0.4) is 0 Å². The molecule has 2 N–H and O–H groups in total. The van der Waals surface area contributed by atoms with Crippen molar-refractivity contribution in [2.45, 2.75) is 45.1 Å². The number of nitrogens with zero attached hydrogens (tertiary/aromatic N) is 1. The van der Waals surface area contributed by atoms with E-state index in [-0.39, 0.29) is 18.3 Å². The first-order valence-corrected chi connectivity index (χ1v) is 7.18. The SMILES string of the molecule is CC(CN)C(=O)N1CC2CC3CC(C2)CC1C3.Cl. The lowest BCUT2D eigenvalue weighted by molar-refractivity contribution is -0.137. The number of hydrogen-bond acceptors (Lipinski definition) is 2. The average molecular weight is 273 g/mol. The molecule has 2 heterocycles. The second-order valence-electron chi connectivity index (χ2n) is 6.56. The molecule has 4 rings (SSSR count). The monoisotopic (exact) mass is 272 g/mol. The zero-order valence-electron chi connectivity index (χ0n) is 11.2. The van der Waals surface area contributed by atoms with Gasteiger partial charge in [0, 0.05) is 25.0 Å². The van der Waals surface area contributed by atoms with Crippen LogP contribution in [0.2, 0.25) is 0 Å². The van der Waals surface area contributed by atoms with E-state index in [1.807, 2.05) is 6.92 Å². The molecule has 4 bridgehead atoms. The predicted octanol–water partition coefficient (Wildman–Crippen LogP) is 2.04. The molecule has 2 aliphatic heterocycles. The molecular formula is C14H25ClN2O. The molecule has 104 valence electrons. The second-order valence-corrected chi connectivity index (χ2v) is 6.56. The maximum Gasteiger partial charge on any atom is 0.226 e. The van der Waals surface area contributed by atoms with E-state index < -0.39 is 0 Å². The molecule has 0 aromatic heterocycles. The van der Waals surface area contributed by atoms with Crippen LogP contribution in [0.5, 0.6) is 0 Å². The highest BCUT2D eigenvalue weighted by molar-refractivity contribution is 5.85. The number of fused-ring (bicyclic) bond motifs is 1. The number of rotatable bonds is 2. The molecular weight excluding hydrogens is 248 g/mol. The van der Waals surface area contributed by atoms with Gasteiger partial charge in [-0.15, -0.1) is 12.4 Å². The molecule has 18 heavy (non-hydrogen) atoms. The Morgan fingerprint density at radius 3 is 2.28 bits per heavy atom. The first-order valence-electron chi connectivity index (χ1n) is 7.18. The van der Waals surface area contributed by atoms with Crippen LogP contribution < -0.4 is 5.73 Å². The van der Waals surface area contributed by atoms with E-state index in [9.17, 15) is 4.79 Å². The van der Waals surface area contributed by atoms with Gasteiger partial charge in [0.1, 0.15) is 0 Å². The lowest BCUT2D eigenvalue weighted by Gasteiger charge is -2.39. The molecule has 4 fully saturated rings. The van der Waals surface area contributed by atoms with Gasteiger partial charge >= 0.3 is 0 Å². The van der Waals surface area contributed by atoms with Crippen LogP contribution in [-0.2, 0) is 4.79 Å². The minimum absolute atomic E-state index is 0. The molecule has 1 amide bonds. The number of halogens is 1. The average Bonchev–Trinajstić information content (AvgIpc) is 2.51. The molecule has 0 aromatic rings. The maximum atomic E-state index is 12.4. The van der Waals surface area contributed by atoms with Gasteiger partial charge in [-0.2, -0.15) is 0 Å². The van der Waals surface area contributed by atoms with E-state index in [0.29, 0.717) is 18.5 Å². The van der Waals surface area contributed by atoms with E-state index in [0.717, 1.165) is 24.3 Å². The van der Waals surface area contributed by atoms with Gasteiger partial charge in [-0.05, 0) is 49.9 Å². The van der Waals surface area contributed by atoms with Gasteiger partial charge in [0.2, 0.25) is 5.91 Å².